The van der Waals surface area contributed by atoms with Crippen molar-refractivity contribution in [2.75, 3.05) is 13.1 Å². The minimum atomic E-state index is 0.394. The van der Waals surface area contributed by atoms with Gasteiger partial charge in [0.05, 0.1) is 0 Å². The molecule has 0 aromatic rings. The molecule has 1 aliphatic rings. The number of nitrogens with two attached hydrogens (primary N) is 1. The van der Waals surface area contributed by atoms with Crippen molar-refractivity contribution in [2.45, 2.75) is 72.4 Å². The molecule has 2 N–H and O–H groups in total. The molecule has 3 unspecified atom stereocenters. The van der Waals surface area contributed by atoms with Gasteiger partial charge in [-0.05, 0) is 37.0 Å². The van der Waals surface area contributed by atoms with Crippen LogP contribution < -0.4 is 5.73 Å². The SMILES string of the molecule is CCC1CCC(N)C(N(CC(C)C)CC(C)C)C1. The molecule has 0 aliphatic heterocycles. The summed E-state index contributed by atoms with van der Waals surface area (Å²) in [6, 6.07) is 1.01. The Bertz CT molecular complexity index is 215. The molecular formula is C16H34N2. The second kappa shape index (κ2) is 7.49. The van der Waals surface area contributed by atoms with E-state index < -0.39 is 0 Å². The second-order valence-electron chi connectivity index (χ2n) is 7.06. The zero-order valence-electron chi connectivity index (χ0n) is 13.2. The lowest BCUT2D eigenvalue weighted by molar-refractivity contribution is 0.0876. The van der Waals surface area contributed by atoms with Crippen LogP contribution in [0.4, 0.5) is 0 Å². The van der Waals surface area contributed by atoms with E-state index in [2.05, 4.69) is 39.5 Å². The molecule has 0 spiro atoms. The Morgan fingerprint density at radius 3 is 2.06 bits per heavy atom. The highest BCUT2D eigenvalue weighted by molar-refractivity contribution is 4.89. The fourth-order valence-corrected chi connectivity index (χ4v) is 3.33. The molecule has 1 saturated carbocycles. The Labute approximate surface area is 114 Å². The zero-order chi connectivity index (χ0) is 13.7. The van der Waals surface area contributed by atoms with E-state index in [0.29, 0.717) is 12.1 Å². The number of hydrogen-bond acceptors (Lipinski definition) is 2. The van der Waals surface area contributed by atoms with Crippen LogP contribution in [0.1, 0.15) is 60.3 Å². The van der Waals surface area contributed by atoms with E-state index in [1.807, 2.05) is 0 Å². The van der Waals surface area contributed by atoms with E-state index in [1.165, 1.54) is 38.8 Å². The molecule has 1 aliphatic carbocycles. The topological polar surface area (TPSA) is 29.3 Å². The first-order valence-electron chi connectivity index (χ1n) is 7.93. The molecule has 18 heavy (non-hydrogen) atoms. The van der Waals surface area contributed by atoms with Crippen molar-refractivity contribution >= 4 is 0 Å². The van der Waals surface area contributed by atoms with Gasteiger partial charge in [0.15, 0.2) is 0 Å². The molecule has 1 fully saturated rings. The molecule has 0 aromatic carbocycles. The Hall–Kier alpha value is -0.0800. The Kier molecular flexibility index (Phi) is 6.65. The molecule has 0 amide bonds. The van der Waals surface area contributed by atoms with Gasteiger partial charge in [-0.1, -0.05) is 41.0 Å². The second-order valence-corrected chi connectivity index (χ2v) is 7.06. The van der Waals surface area contributed by atoms with Crippen LogP contribution >= 0.6 is 0 Å². The molecule has 108 valence electrons. The highest BCUT2D eigenvalue weighted by Crippen LogP contribution is 2.30. The van der Waals surface area contributed by atoms with Gasteiger partial charge in [-0.3, -0.25) is 4.90 Å². The van der Waals surface area contributed by atoms with Crippen LogP contribution in [0.5, 0.6) is 0 Å². The van der Waals surface area contributed by atoms with Crippen molar-refractivity contribution in [2.24, 2.45) is 23.5 Å². The van der Waals surface area contributed by atoms with E-state index in [9.17, 15) is 0 Å². The van der Waals surface area contributed by atoms with Crippen molar-refractivity contribution in [3.63, 3.8) is 0 Å². The Morgan fingerprint density at radius 2 is 1.61 bits per heavy atom. The highest BCUT2D eigenvalue weighted by Gasteiger charge is 2.32. The number of rotatable bonds is 6. The zero-order valence-corrected chi connectivity index (χ0v) is 13.2. The quantitative estimate of drug-likeness (QED) is 0.786. The van der Waals surface area contributed by atoms with E-state index >= 15 is 0 Å². The van der Waals surface area contributed by atoms with Gasteiger partial charge in [-0.15, -0.1) is 0 Å². The van der Waals surface area contributed by atoms with Gasteiger partial charge in [0.25, 0.3) is 0 Å². The number of hydrogen-bond donors (Lipinski definition) is 1. The van der Waals surface area contributed by atoms with Crippen molar-refractivity contribution in [1.29, 1.82) is 0 Å². The molecule has 0 aromatic heterocycles. The third-order valence-electron chi connectivity index (χ3n) is 4.22. The maximum Gasteiger partial charge on any atom is 0.0250 e. The summed E-state index contributed by atoms with van der Waals surface area (Å²) in [5, 5.41) is 0. The van der Waals surface area contributed by atoms with Crippen LogP contribution in [0.25, 0.3) is 0 Å². The highest BCUT2D eigenvalue weighted by atomic mass is 15.2. The van der Waals surface area contributed by atoms with Gasteiger partial charge in [0.1, 0.15) is 0 Å². The molecule has 2 heteroatoms. The van der Waals surface area contributed by atoms with E-state index in [0.717, 1.165) is 17.8 Å². The fraction of sp³-hybridized carbons (Fsp3) is 1.00. The first kappa shape index (κ1) is 16.0. The van der Waals surface area contributed by atoms with Gasteiger partial charge in [-0.2, -0.15) is 0 Å². The predicted molar refractivity (Wildman–Crippen MR) is 80.6 cm³/mol. The van der Waals surface area contributed by atoms with Crippen molar-refractivity contribution < 1.29 is 0 Å². The molecule has 2 nitrogen and oxygen atoms in total. The lowest BCUT2D eigenvalue weighted by Gasteiger charge is -2.42. The molecule has 1 rings (SSSR count). The summed E-state index contributed by atoms with van der Waals surface area (Å²) in [6.07, 6.45) is 5.19. The molecule has 0 heterocycles. The lowest BCUT2D eigenvalue weighted by atomic mass is 9.80. The van der Waals surface area contributed by atoms with Gasteiger partial charge >= 0.3 is 0 Å². The molecule has 0 radical (unpaired) electrons. The fourth-order valence-electron chi connectivity index (χ4n) is 3.33. The van der Waals surface area contributed by atoms with Gasteiger partial charge < -0.3 is 5.73 Å². The minimum Gasteiger partial charge on any atom is -0.326 e. The van der Waals surface area contributed by atoms with Crippen LogP contribution in [0, 0.1) is 17.8 Å². The van der Waals surface area contributed by atoms with Crippen LogP contribution in [0.2, 0.25) is 0 Å². The van der Waals surface area contributed by atoms with E-state index in [1.54, 1.807) is 0 Å². The molecular weight excluding hydrogens is 220 g/mol. The summed E-state index contributed by atoms with van der Waals surface area (Å²) in [6.45, 7) is 14.0. The summed E-state index contributed by atoms with van der Waals surface area (Å²) >= 11 is 0. The van der Waals surface area contributed by atoms with Crippen LogP contribution in [-0.4, -0.2) is 30.1 Å². The summed E-state index contributed by atoms with van der Waals surface area (Å²) in [4.78, 5) is 2.68. The van der Waals surface area contributed by atoms with Gasteiger partial charge in [-0.25, -0.2) is 0 Å². The Morgan fingerprint density at radius 1 is 1.06 bits per heavy atom. The third-order valence-corrected chi connectivity index (χ3v) is 4.22. The number of nitrogens with zero attached hydrogens (tertiary/aromatic N) is 1. The normalized spacial score (nSPS) is 29.5. The van der Waals surface area contributed by atoms with E-state index in [4.69, 9.17) is 5.73 Å². The smallest absolute Gasteiger partial charge is 0.0250 e. The summed E-state index contributed by atoms with van der Waals surface area (Å²) in [5.41, 5.74) is 6.41. The maximum atomic E-state index is 6.41. The van der Waals surface area contributed by atoms with Crippen molar-refractivity contribution in [3.05, 3.63) is 0 Å². The van der Waals surface area contributed by atoms with Crippen LogP contribution in [0.15, 0.2) is 0 Å². The van der Waals surface area contributed by atoms with Gasteiger partial charge in [0, 0.05) is 25.2 Å². The first-order chi connectivity index (χ1) is 8.43. The molecule has 3 atom stereocenters. The summed E-state index contributed by atoms with van der Waals surface area (Å²) in [7, 11) is 0. The maximum absolute atomic E-state index is 6.41. The summed E-state index contributed by atoms with van der Waals surface area (Å²) < 4.78 is 0. The third kappa shape index (κ3) is 4.89. The predicted octanol–water partition coefficient (Wildman–Crippen LogP) is 3.51. The minimum absolute atomic E-state index is 0.394. The first-order valence-corrected chi connectivity index (χ1v) is 7.93. The van der Waals surface area contributed by atoms with Crippen molar-refractivity contribution in [1.82, 2.24) is 4.90 Å². The molecule has 0 saturated heterocycles. The van der Waals surface area contributed by atoms with Gasteiger partial charge in [0.2, 0.25) is 0 Å². The lowest BCUT2D eigenvalue weighted by Crippen LogP contribution is -2.53. The Balaban J connectivity index is 2.67. The monoisotopic (exact) mass is 254 g/mol. The largest absolute Gasteiger partial charge is 0.326 e. The average Bonchev–Trinajstić information content (AvgIpc) is 2.27. The molecule has 0 bridgehead atoms. The average molecular weight is 254 g/mol. The summed E-state index contributed by atoms with van der Waals surface area (Å²) in [5.74, 6) is 2.37. The van der Waals surface area contributed by atoms with Crippen LogP contribution in [0.3, 0.4) is 0 Å². The van der Waals surface area contributed by atoms with Crippen molar-refractivity contribution in [3.8, 4) is 0 Å². The standard InChI is InChI=1S/C16H34N2/c1-6-14-7-8-15(17)16(9-14)18(10-12(2)3)11-13(4)5/h12-16H,6-11,17H2,1-5H3. The van der Waals surface area contributed by atoms with E-state index in [-0.39, 0.29) is 0 Å². The van der Waals surface area contributed by atoms with Crippen LogP contribution in [-0.2, 0) is 0 Å².